The van der Waals surface area contributed by atoms with Crippen LogP contribution in [0.3, 0.4) is 0 Å². The first-order valence-electron chi connectivity index (χ1n) is 7.23. The third-order valence-electron chi connectivity index (χ3n) is 4.28. The second kappa shape index (κ2) is 5.60. The van der Waals surface area contributed by atoms with Crippen molar-refractivity contribution >= 4 is 32.7 Å². The minimum Gasteiger partial charge on any atom is -0.350 e. The number of aromatic amines is 1. The molecule has 2 N–H and O–H groups in total. The minimum atomic E-state index is 0.00634. The Balaban J connectivity index is 1.80. The van der Waals surface area contributed by atoms with Crippen LogP contribution in [0.5, 0.6) is 0 Å². The third-order valence-corrected chi connectivity index (χ3v) is 4.98. The molecule has 2 atom stereocenters. The van der Waals surface area contributed by atoms with E-state index < -0.39 is 0 Å². The molecule has 4 heteroatoms. The number of benzene rings is 1. The lowest BCUT2D eigenvalue weighted by molar-refractivity contribution is 0.0906. The Hall–Kier alpha value is -1.29. The number of fused-ring (bicyclic) bond motifs is 1. The molecule has 2 aromatic rings. The van der Waals surface area contributed by atoms with Gasteiger partial charge >= 0.3 is 0 Å². The molecule has 106 valence electrons. The van der Waals surface area contributed by atoms with Gasteiger partial charge in [-0.1, -0.05) is 41.8 Å². The van der Waals surface area contributed by atoms with Crippen molar-refractivity contribution < 1.29 is 4.79 Å². The largest absolute Gasteiger partial charge is 0.350 e. The molecular formula is C16H19BrN2O. The highest BCUT2D eigenvalue weighted by Crippen LogP contribution is 2.26. The normalized spacial score (nSPS) is 22.9. The number of carbonyl (C=O) groups is 1. The third kappa shape index (κ3) is 2.62. The van der Waals surface area contributed by atoms with E-state index in [1.165, 1.54) is 19.3 Å². The molecule has 1 saturated carbocycles. The van der Waals surface area contributed by atoms with Crippen LogP contribution >= 0.6 is 15.9 Å². The van der Waals surface area contributed by atoms with Crippen LogP contribution in [-0.4, -0.2) is 16.9 Å². The predicted octanol–water partition coefficient (Wildman–Crippen LogP) is 4.24. The van der Waals surface area contributed by atoms with Crippen LogP contribution in [0.4, 0.5) is 0 Å². The Morgan fingerprint density at radius 3 is 2.90 bits per heavy atom. The number of H-pyrrole nitrogens is 1. The van der Waals surface area contributed by atoms with Crippen LogP contribution in [0.2, 0.25) is 0 Å². The number of hydrogen-bond donors (Lipinski definition) is 2. The quantitative estimate of drug-likeness (QED) is 0.847. The molecule has 0 spiro atoms. The fraction of sp³-hybridized carbons (Fsp3) is 0.438. The van der Waals surface area contributed by atoms with Crippen LogP contribution in [0.1, 0.15) is 43.1 Å². The molecule has 0 saturated heterocycles. The Morgan fingerprint density at radius 1 is 1.35 bits per heavy atom. The summed E-state index contributed by atoms with van der Waals surface area (Å²) < 4.78 is 1.01. The molecule has 3 rings (SSSR count). The van der Waals surface area contributed by atoms with Crippen LogP contribution < -0.4 is 5.32 Å². The van der Waals surface area contributed by atoms with Crippen molar-refractivity contribution in [3.63, 3.8) is 0 Å². The summed E-state index contributed by atoms with van der Waals surface area (Å²) in [6.45, 7) is 2.23. The number of halogens is 1. The molecule has 0 aliphatic heterocycles. The molecule has 3 nitrogen and oxygen atoms in total. The van der Waals surface area contributed by atoms with Gasteiger partial charge in [-0.3, -0.25) is 4.79 Å². The van der Waals surface area contributed by atoms with Crippen molar-refractivity contribution in [1.29, 1.82) is 0 Å². The zero-order chi connectivity index (χ0) is 14.1. The summed E-state index contributed by atoms with van der Waals surface area (Å²) in [7, 11) is 0. The topological polar surface area (TPSA) is 44.9 Å². The smallest absolute Gasteiger partial charge is 0.267 e. The van der Waals surface area contributed by atoms with E-state index in [1.807, 2.05) is 24.3 Å². The number of nitrogens with one attached hydrogen (secondary N) is 2. The Morgan fingerprint density at radius 2 is 2.15 bits per heavy atom. The van der Waals surface area contributed by atoms with Gasteiger partial charge in [0.2, 0.25) is 0 Å². The maximum absolute atomic E-state index is 12.4. The summed E-state index contributed by atoms with van der Waals surface area (Å²) in [5.41, 5.74) is 1.63. The van der Waals surface area contributed by atoms with Gasteiger partial charge in [-0.2, -0.15) is 0 Å². The van der Waals surface area contributed by atoms with Gasteiger partial charge in [-0.15, -0.1) is 0 Å². The van der Waals surface area contributed by atoms with Crippen LogP contribution in [0, 0.1) is 5.92 Å². The van der Waals surface area contributed by atoms with E-state index in [9.17, 15) is 4.79 Å². The molecule has 1 amide bonds. The van der Waals surface area contributed by atoms with Crippen LogP contribution in [0.25, 0.3) is 10.9 Å². The van der Waals surface area contributed by atoms with E-state index in [0.717, 1.165) is 21.8 Å². The molecule has 1 heterocycles. The van der Waals surface area contributed by atoms with Gasteiger partial charge in [0.1, 0.15) is 5.69 Å². The predicted molar refractivity (Wildman–Crippen MR) is 84.9 cm³/mol. The lowest BCUT2D eigenvalue weighted by atomic mass is 9.86. The van der Waals surface area contributed by atoms with Gasteiger partial charge in [0.05, 0.1) is 0 Å². The molecule has 1 aliphatic carbocycles. The lowest BCUT2D eigenvalue weighted by Crippen LogP contribution is -2.41. The Bertz CT molecular complexity index is 634. The minimum absolute atomic E-state index is 0.00634. The van der Waals surface area contributed by atoms with Crippen molar-refractivity contribution in [3.05, 3.63) is 34.4 Å². The Kier molecular flexibility index (Phi) is 3.83. The van der Waals surface area contributed by atoms with E-state index in [-0.39, 0.29) is 5.91 Å². The lowest BCUT2D eigenvalue weighted by Gasteiger charge is -2.29. The summed E-state index contributed by atoms with van der Waals surface area (Å²) in [6, 6.07) is 8.17. The molecule has 1 aromatic carbocycles. The van der Waals surface area contributed by atoms with Gasteiger partial charge in [-0.05, 0) is 37.0 Å². The summed E-state index contributed by atoms with van der Waals surface area (Å²) in [4.78, 5) is 15.6. The number of hydrogen-bond acceptors (Lipinski definition) is 1. The van der Waals surface area contributed by atoms with E-state index >= 15 is 0 Å². The highest BCUT2D eigenvalue weighted by molar-refractivity contribution is 9.10. The summed E-state index contributed by atoms with van der Waals surface area (Å²) in [6.07, 6.45) is 4.81. The molecule has 2 unspecified atom stereocenters. The first-order valence-corrected chi connectivity index (χ1v) is 8.02. The van der Waals surface area contributed by atoms with Gasteiger partial charge in [-0.25, -0.2) is 0 Å². The van der Waals surface area contributed by atoms with E-state index in [4.69, 9.17) is 0 Å². The molecule has 0 radical (unpaired) electrons. The SMILES string of the molecule is CC1CCCCC1NC(=O)c1cc2c(Br)cccc2[nH]1. The molecular weight excluding hydrogens is 316 g/mol. The van der Waals surface area contributed by atoms with Gasteiger partial charge in [0.25, 0.3) is 5.91 Å². The first-order chi connectivity index (χ1) is 9.65. The standard InChI is InChI=1S/C16H19BrN2O/c1-10-5-2-3-7-13(10)19-16(20)15-9-11-12(17)6-4-8-14(11)18-15/h4,6,8-10,13,18H,2-3,5,7H2,1H3,(H,19,20). The molecule has 1 aliphatic rings. The summed E-state index contributed by atoms with van der Waals surface area (Å²) >= 11 is 3.52. The monoisotopic (exact) mass is 334 g/mol. The maximum atomic E-state index is 12.4. The number of amides is 1. The maximum Gasteiger partial charge on any atom is 0.267 e. The van der Waals surface area contributed by atoms with Crippen LogP contribution in [-0.2, 0) is 0 Å². The van der Waals surface area contributed by atoms with Gasteiger partial charge in [0.15, 0.2) is 0 Å². The Labute approximate surface area is 127 Å². The van der Waals surface area contributed by atoms with Crippen molar-refractivity contribution in [1.82, 2.24) is 10.3 Å². The molecule has 1 fully saturated rings. The zero-order valence-electron chi connectivity index (χ0n) is 11.6. The average molecular weight is 335 g/mol. The summed E-state index contributed by atoms with van der Waals surface area (Å²) in [5, 5.41) is 4.23. The second-order valence-corrected chi connectivity index (χ2v) is 6.58. The first kappa shape index (κ1) is 13.7. The van der Waals surface area contributed by atoms with Crippen molar-refractivity contribution in [2.75, 3.05) is 0 Å². The summed E-state index contributed by atoms with van der Waals surface area (Å²) in [5.74, 6) is 0.579. The number of rotatable bonds is 2. The zero-order valence-corrected chi connectivity index (χ0v) is 13.2. The van der Waals surface area contributed by atoms with Gasteiger partial charge in [0, 0.05) is 21.4 Å². The highest BCUT2D eigenvalue weighted by Gasteiger charge is 2.23. The van der Waals surface area contributed by atoms with E-state index in [2.05, 4.69) is 33.2 Å². The van der Waals surface area contributed by atoms with Crippen LogP contribution in [0.15, 0.2) is 28.7 Å². The fourth-order valence-corrected chi connectivity index (χ4v) is 3.50. The number of carbonyl (C=O) groups excluding carboxylic acids is 1. The molecule has 0 bridgehead atoms. The average Bonchev–Trinajstić information content (AvgIpc) is 2.87. The fourth-order valence-electron chi connectivity index (χ4n) is 3.02. The van der Waals surface area contributed by atoms with Crippen molar-refractivity contribution in [2.45, 2.75) is 38.6 Å². The van der Waals surface area contributed by atoms with Crippen molar-refractivity contribution in [3.8, 4) is 0 Å². The molecule has 1 aromatic heterocycles. The highest BCUT2D eigenvalue weighted by atomic mass is 79.9. The van der Waals surface area contributed by atoms with E-state index in [0.29, 0.717) is 17.7 Å². The second-order valence-electron chi connectivity index (χ2n) is 5.73. The molecule has 20 heavy (non-hydrogen) atoms. The number of aromatic nitrogens is 1. The van der Waals surface area contributed by atoms with Crippen molar-refractivity contribution in [2.24, 2.45) is 5.92 Å². The van der Waals surface area contributed by atoms with E-state index in [1.54, 1.807) is 0 Å². The van der Waals surface area contributed by atoms with Gasteiger partial charge < -0.3 is 10.3 Å².